The van der Waals surface area contributed by atoms with Crippen LogP contribution in [0.4, 0.5) is 5.69 Å². The van der Waals surface area contributed by atoms with Crippen molar-refractivity contribution in [3.05, 3.63) is 101 Å². The van der Waals surface area contributed by atoms with Crippen LogP contribution in [0.5, 0.6) is 11.8 Å². The van der Waals surface area contributed by atoms with E-state index in [1.807, 2.05) is 66.7 Å². The molecule has 0 aliphatic heterocycles. The minimum Gasteiger partial charge on any atom is -0.424 e. The highest BCUT2D eigenvalue weighted by Gasteiger charge is 2.12. The van der Waals surface area contributed by atoms with Gasteiger partial charge in [-0.3, -0.25) is 10.1 Å². The molecular weight excluding hydrogens is 354 g/mol. The van der Waals surface area contributed by atoms with Crippen molar-refractivity contribution < 1.29 is 9.66 Å². The average Bonchev–Trinajstić information content (AvgIpc) is 2.75. The van der Waals surface area contributed by atoms with Gasteiger partial charge in [-0.2, -0.15) is 9.97 Å². The molecule has 4 rings (SSSR count). The van der Waals surface area contributed by atoms with E-state index < -0.39 is 4.92 Å². The third kappa shape index (κ3) is 3.86. The molecule has 6 nitrogen and oxygen atoms in total. The summed E-state index contributed by atoms with van der Waals surface area (Å²) in [5.41, 5.74) is 3.20. The normalized spacial score (nSPS) is 10.4. The third-order valence-corrected chi connectivity index (χ3v) is 4.08. The molecule has 0 unspecified atom stereocenters. The molecule has 0 saturated heterocycles. The summed E-state index contributed by atoms with van der Waals surface area (Å²) in [6, 6.07) is 27.4. The van der Waals surface area contributed by atoms with Gasteiger partial charge < -0.3 is 4.74 Å². The molecule has 0 saturated carbocycles. The topological polar surface area (TPSA) is 78.2 Å². The number of hydrogen-bond donors (Lipinski definition) is 0. The van der Waals surface area contributed by atoms with E-state index in [9.17, 15) is 10.1 Å². The van der Waals surface area contributed by atoms with Crippen molar-refractivity contribution >= 4 is 5.69 Å². The van der Waals surface area contributed by atoms with Crippen LogP contribution in [0.3, 0.4) is 0 Å². The van der Waals surface area contributed by atoms with Crippen molar-refractivity contribution in [2.45, 2.75) is 0 Å². The molecule has 1 aromatic heterocycles. The second-order valence-electron chi connectivity index (χ2n) is 6.01. The van der Waals surface area contributed by atoms with Crippen LogP contribution in [-0.4, -0.2) is 14.9 Å². The molecule has 0 spiro atoms. The summed E-state index contributed by atoms with van der Waals surface area (Å²) in [6.45, 7) is 0. The lowest BCUT2D eigenvalue weighted by atomic mass is 10.1. The van der Waals surface area contributed by atoms with Gasteiger partial charge in [-0.1, -0.05) is 66.7 Å². The Morgan fingerprint density at radius 2 is 1.29 bits per heavy atom. The maximum absolute atomic E-state index is 11.0. The summed E-state index contributed by atoms with van der Waals surface area (Å²) in [6.07, 6.45) is 0. The van der Waals surface area contributed by atoms with Crippen LogP contribution in [-0.2, 0) is 0 Å². The van der Waals surface area contributed by atoms with Gasteiger partial charge in [0.25, 0.3) is 5.69 Å². The molecule has 0 bridgehead atoms. The molecule has 28 heavy (non-hydrogen) atoms. The second-order valence-corrected chi connectivity index (χ2v) is 6.01. The minimum absolute atomic E-state index is 0.0556. The SMILES string of the molecule is O=[N+]([O-])c1cccc(Oc2nc(-c3ccccc3)cc(-c3ccccc3)n2)c1. The number of nitro groups is 1. The highest BCUT2D eigenvalue weighted by Crippen LogP contribution is 2.29. The quantitative estimate of drug-likeness (QED) is 0.342. The van der Waals surface area contributed by atoms with Crippen molar-refractivity contribution in [1.82, 2.24) is 9.97 Å². The molecule has 0 amide bonds. The van der Waals surface area contributed by atoms with Crippen molar-refractivity contribution in [3.63, 3.8) is 0 Å². The fraction of sp³-hybridized carbons (Fsp3) is 0. The molecule has 6 heteroatoms. The Bertz CT molecular complexity index is 1060. The highest BCUT2D eigenvalue weighted by molar-refractivity contribution is 5.68. The molecule has 3 aromatic carbocycles. The number of hydrogen-bond acceptors (Lipinski definition) is 5. The molecule has 0 aliphatic carbocycles. The summed E-state index contributed by atoms with van der Waals surface area (Å²) < 4.78 is 5.77. The maximum atomic E-state index is 11.0. The van der Waals surface area contributed by atoms with E-state index in [2.05, 4.69) is 9.97 Å². The molecular formula is C22H15N3O3. The lowest BCUT2D eigenvalue weighted by molar-refractivity contribution is -0.384. The van der Waals surface area contributed by atoms with Crippen LogP contribution in [0.25, 0.3) is 22.5 Å². The fourth-order valence-corrected chi connectivity index (χ4v) is 2.75. The van der Waals surface area contributed by atoms with E-state index in [4.69, 9.17) is 4.74 Å². The zero-order chi connectivity index (χ0) is 19.3. The number of nitrogens with zero attached hydrogens (tertiary/aromatic N) is 3. The van der Waals surface area contributed by atoms with Gasteiger partial charge in [0.15, 0.2) is 0 Å². The molecule has 0 atom stereocenters. The predicted octanol–water partition coefficient (Wildman–Crippen LogP) is 5.51. The summed E-state index contributed by atoms with van der Waals surface area (Å²) in [7, 11) is 0. The first-order valence-electron chi connectivity index (χ1n) is 8.61. The van der Waals surface area contributed by atoms with Crippen molar-refractivity contribution in [1.29, 1.82) is 0 Å². The molecule has 0 aliphatic rings. The van der Waals surface area contributed by atoms with Crippen molar-refractivity contribution in [2.24, 2.45) is 0 Å². The summed E-state index contributed by atoms with van der Waals surface area (Å²) in [5, 5.41) is 11.0. The number of benzene rings is 3. The lowest BCUT2D eigenvalue weighted by Crippen LogP contribution is -1.97. The monoisotopic (exact) mass is 369 g/mol. The summed E-state index contributed by atoms with van der Waals surface area (Å²) >= 11 is 0. The van der Waals surface area contributed by atoms with Gasteiger partial charge in [-0.15, -0.1) is 0 Å². The van der Waals surface area contributed by atoms with Crippen LogP contribution in [0.2, 0.25) is 0 Å². The smallest absolute Gasteiger partial charge is 0.323 e. The average molecular weight is 369 g/mol. The van der Waals surface area contributed by atoms with Gasteiger partial charge in [0.05, 0.1) is 22.4 Å². The van der Waals surface area contributed by atoms with Crippen LogP contribution in [0.15, 0.2) is 91.0 Å². The Labute approximate surface area is 161 Å². The van der Waals surface area contributed by atoms with E-state index in [1.54, 1.807) is 12.1 Å². The Balaban J connectivity index is 1.78. The first kappa shape index (κ1) is 17.4. The lowest BCUT2D eigenvalue weighted by Gasteiger charge is -2.09. The van der Waals surface area contributed by atoms with Crippen molar-refractivity contribution in [2.75, 3.05) is 0 Å². The Kier molecular flexibility index (Phi) is 4.76. The predicted molar refractivity (Wildman–Crippen MR) is 106 cm³/mol. The largest absolute Gasteiger partial charge is 0.424 e. The van der Waals surface area contributed by atoms with Gasteiger partial charge >= 0.3 is 6.01 Å². The van der Waals surface area contributed by atoms with Crippen molar-refractivity contribution in [3.8, 4) is 34.3 Å². The summed E-state index contributed by atoms with van der Waals surface area (Å²) in [4.78, 5) is 19.5. The Hall–Kier alpha value is -4.06. The summed E-state index contributed by atoms with van der Waals surface area (Å²) in [5.74, 6) is 0.304. The second kappa shape index (κ2) is 7.67. The number of aromatic nitrogens is 2. The number of ether oxygens (including phenoxy) is 1. The standard InChI is InChI=1S/C22H15N3O3/c26-25(27)18-12-7-13-19(14-18)28-22-23-20(16-8-3-1-4-9-16)15-21(24-22)17-10-5-2-6-11-17/h1-15H. The van der Waals surface area contributed by atoms with Gasteiger partial charge in [-0.05, 0) is 12.1 Å². The Morgan fingerprint density at radius 3 is 1.82 bits per heavy atom. The van der Waals surface area contributed by atoms with E-state index in [0.717, 1.165) is 11.1 Å². The maximum Gasteiger partial charge on any atom is 0.323 e. The van der Waals surface area contributed by atoms with E-state index in [-0.39, 0.29) is 11.7 Å². The van der Waals surface area contributed by atoms with Crippen LogP contribution >= 0.6 is 0 Å². The first-order chi connectivity index (χ1) is 13.7. The van der Waals surface area contributed by atoms with Crippen LogP contribution in [0, 0.1) is 10.1 Å². The van der Waals surface area contributed by atoms with Crippen LogP contribution < -0.4 is 4.74 Å². The molecule has 4 aromatic rings. The van der Waals surface area contributed by atoms with Gasteiger partial charge in [0.2, 0.25) is 0 Å². The van der Waals surface area contributed by atoms with E-state index in [1.165, 1.54) is 12.1 Å². The number of rotatable bonds is 5. The highest BCUT2D eigenvalue weighted by atomic mass is 16.6. The van der Waals surface area contributed by atoms with Gasteiger partial charge in [0.1, 0.15) is 5.75 Å². The van der Waals surface area contributed by atoms with E-state index in [0.29, 0.717) is 17.1 Å². The van der Waals surface area contributed by atoms with Gasteiger partial charge in [0, 0.05) is 17.2 Å². The molecule has 0 radical (unpaired) electrons. The zero-order valence-corrected chi connectivity index (χ0v) is 14.7. The molecule has 0 fully saturated rings. The minimum atomic E-state index is -0.469. The first-order valence-corrected chi connectivity index (χ1v) is 8.61. The molecule has 1 heterocycles. The van der Waals surface area contributed by atoms with Gasteiger partial charge in [-0.25, -0.2) is 0 Å². The fourth-order valence-electron chi connectivity index (χ4n) is 2.75. The van der Waals surface area contributed by atoms with E-state index >= 15 is 0 Å². The molecule has 0 N–H and O–H groups in total. The zero-order valence-electron chi connectivity index (χ0n) is 14.7. The number of nitro benzene ring substituents is 1. The molecule has 136 valence electrons. The van der Waals surface area contributed by atoms with Crippen LogP contribution in [0.1, 0.15) is 0 Å². The Morgan fingerprint density at radius 1 is 0.714 bits per heavy atom. The third-order valence-electron chi connectivity index (χ3n) is 4.08. The number of non-ortho nitro benzene ring substituents is 1.